The van der Waals surface area contributed by atoms with Gasteiger partial charge >= 0.3 is 12.1 Å². The molecule has 2 fully saturated rings. The van der Waals surface area contributed by atoms with E-state index in [-0.39, 0.29) is 36.8 Å². The molecular formula is C22H19F3N6O4. The third-order valence-electron chi connectivity index (χ3n) is 6.63. The Bertz CT molecular complexity index is 1320. The molecule has 1 N–H and O–H groups in total. The molecule has 182 valence electrons. The van der Waals surface area contributed by atoms with Crippen LogP contribution in [-0.4, -0.2) is 51.0 Å². The summed E-state index contributed by atoms with van der Waals surface area (Å²) < 4.78 is 53.0. The number of carbonyl (C=O) groups excluding carboxylic acids is 2. The molecular weight excluding hydrogens is 469 g/mol. The molecule has 35 heavy (non-hydrogen) atoms. The van der Waals surface area contributed by atoms with E-state index in [4.69, 9.17) is 9.15 Å². The Balaban J connectivity index is 1.30. The maximum absolute atomic E-state index is 13.6. The van der Waals surface area contributed by atoms with E-state index in [1.165, 1.54) is 11.2 Å². The Morgan fingerprint density at radius 1 is 1.14 bits per heavy atom. The lowest BCUT2D eigenvalue weighted by Gasteiger charge is -2.38. The summed E-state index contributed by atoms with van der Waals surface area (Å²) in [6, 6.07) is 0.630. The molecule has 10 nitrogen and oxygen atoms in total. The van der Waals surface area contributed by atoms with Crippen LogP contribution in [-0.2, 0) is 11.3 Å². The number of ether oxygens (including phenoxy) is 1. The molecule has 0 unspecified atom stereocenters. The van der Waals surface area contributed by atoms with Crippen molar-refractivity contribution in [1.82, 2.24) is 19.7 Å². The summed E-state index contributed by atoms with van der Waals surface area (Å²) in [7, 11) is 0. The van der Waals surface area contributed by atoms with Gasteiger partial charge in [-0.05, 0) is 19.3 Å². The van der Waals surface area contributed by atoms with Crippen LogP contribution in [0.25, 0.3) is 11.5 Å². The SMILES string of the molecule is O=C1OCCN1c1coc(-c2cnn3c2CN(C(=O)Nc2cc(F)c(F)c(F)c2)[C@H]2CCC[C@H]23)n1. The number of urea groups is 1. The highest BCUT2D eigenvalue weighted by Crippen LogP contribution is 2.41. The fourth-order valence-electron chi connectivity index (χ4n) is 5.02. The molecule has 2 atom stereocenters. The van der Waals surface area contributed by atoms with E-state index in [0.717, 1.165) is 31.4 Å². The molecule has 4 heterocycles. The van der Waals surface area contributed by atoms with Gasteiger partial charge in [0.15, 0.2) is 23.3 Å². The Kier molecular flexibility index (Phi) is 4.93. The van der Waals surface area contributed by atoms with Crippen molar-refractivity contribution < 1.29 is 31.9 Å². The van der Waals surface area contributed by atoms with Gasteiger partial charge in [0, 0.05) is 17.8 Å². The summed E-state index contributed by atoms with van der Waals surface area (Å²) in [5.41, 5.74) is 1.05. The number of amides is 3. The number of anilines is 2. The number of halogens is 3. The largest absolute Gasteiger partial charge is 0.447 e. The summed E-state index contributed by atoms with van der Waals surface area (Å²) in [6.45, 7) is 0.760. The van der Waals surface area contributed by atoms with E-state index in [0.29, 0.717) is 23.6 Å². The van der Waals surface area contributed by atoms with Crippen molar-refractivity contribution in [2.45, 2.75) is 37.9 Å². The monoisotopic (exact) mass is 488 g/mol. The van der Waals surface area contributed by atoms with Gasteiger partial charge in [-0.1, -0.05) is 0 Å². The molecule has 2 aliphatic heterocycles. The molecule has 1 saturated carbocycles. The van der Waals surface area contributed by atoms with Crippen LogP contribution in [0, 0.1) is 17.5 Å². The number of oxazole rings is 1. The number of hydrogen-bond acceptors (Lipinski definition) is 6. The average Bonchev–Trinajstić information content (AvgIpc) is 3.61. The summed E-state index contributed by atoms with van der Waals surface area (Å²) in [4.78, 5) is 32.4. The molecule has 1 saturated heterocycles. The van der Waals surface area contributed by atoms with Crippen LogP contribution in [0.2, 0.25) is 0 Å². The van der Waals surface area contributed by atoms with Crippen LogP contribution in [0.1, 0.15) is 31.0 Å². The summed E-state index contributed by atoms with van der Waals surface area (Å²) in [6.07, 6.45) is 4.85. The lowest BCUT2D eigenvalue weighted by atomic mass is 10.1. The van der Waals surface area contributed by atoms with Crippen molar-refractivity contribution in [2.75, 3.05) is 23.4 Å². The fourth-order valence-corrected chi connectivity index (χ4v) is 5.02. The minimum Gasteiger partial charge on any atom is -0.447 e. The van der Waals surface area contributed by atoms with Crippen LogP contribution >= 0.6 is 0 Å². The number of aromatic nitrogens is 3. The molecule has 0 spiro atoms. The van der Waals surface area contributed by atoms with Crippen LogP contribution in [0.3, 0.4) is 0 Å². The third-order valence-corrected chi connectivity index (χ3v) is 6.63. The van der Waals surface area contributed by atoms with E-state index < -0.39 is 29.6 Å². The number of fused-ring (bicyclic) bond motifs is 3. The van der Waals surface area contributed by atoms with Crippen molar-refractivity contribution in [2.24, 2.45) is 0 Å². The average molecular weight is 488 g/mol. The van der Waals surface area contributed by atoms with Gasteiger partial charge in [-0.2, -0.15) is 10.1 Å². The third kappa shape index (κ3) is 3.49. The van der Waals surface area contributed by atoms with Gasteiger partial charge in [-0.25, -0.2) is 22.8 Å². The van der Waals surface area contributed by atoms with Crippen molar-refractivity contribution >= 4 is 23.6 Å². The van der Waals surface area contributed by atoms with E-state index in [1.807, 2.05) is 4.68 Å². The molecule has 3 amide bonds. The second kappa shape index (κ2) is 8.03. The van der Waals surface area contributed by atoms with Crippen molar-refractivity contribution in [3.05, 3.63) is 47.7 Å². The fraction of sp³-hybridized carbons (Fsp3) is 0.364. The van der Waals surface area contributed by atoms with Crippen LogP contribution < -0.4 is 10.2 Å². The molecule has 6 rings (SSSR count). The molecule has 1 aromatic carbocycles. The first kappa shape index (κ1) is 21.5. The number of cyclic esters (lactones) is 1. The molecule has 13 heteroatoms. The molecule has 0 bridgehead atoms. The Morgan fingerprint density at radius 3 is 2.66 bits per heavy atom. The molecule has 0 radical (unpaired) electrons. The lowest BCUT2D eigenvalue weighted by molar-refractivity contribution is 0.138. The van der Waals surface area contributed by atoms with Gasteiger partial charge in [0.2, 0.25) is 5.89 Å². The van der Waals surface area contributed by atoms with Crippen molar-refractivity contribution in [3.8, 4) is 11.5 Å². The zero-order valence-corrected chi connectivity index (χ0v) is 18.2. The van der Waals surface area contributed by atoms with Gasteiger partial charge in [0.05, 0.1) is 42.6 Å². The summed E-state index contributed by atoms with van der Waals surface area (Å²) >= 11 is 0. The van der Waals surface area contributed by atoms with Gasteiger partial charge < -0.3 is 19.4 Å². The highest BCUT2D eigenvalue weighted by atomic mass is 19.2. The van der Waals surface area contributed by atoms with Gasteiger partial charge in [-0.3, -0.25) is 9.58 Å². The number of benzene rings is 1. The zero-order chi connectivity index (χ0) is 24.3. The van der Waals surface area contributed by atoms with Gasteiger partial charge in [0.25, 0.3) is 0 Å². The Labute approximate surface area is 196 Å². The molecule has 3 aromatic rings. The van der Waals surface area contributed by atoms with Gasteiger partial charge in [0.1, 0.15) is 12.9 Å². The van der Waals surface area contributed by atoms with E-state index in [2.05, 4.69) is 15.4 Å². The Hall–Kier alpha value is -4.03. The molecule has 2 aromatic heterocycles. The summed E-state index contributed by atoms with van der Waals surface area (Å²) in [5, 5.41) is 7.00. The lowest BCUT2D eigenvalue weighted by Crippen LogP contribution is -2.48. The quantitative estimate of drug-likeness (QED) is 0.558. The Morgan fingerprint density at radius 2 is 1.91 bits per heavy atom. The second-order valence-electron chi connectivity index (χ2n) is 8.60. The highest BCUT2D eigenvalue weighted by Gasteiger charge is 2.43. The highest BCUT2D eigenvalue weighted by molar-refractivity contribution is 5.90. The first-order valence-corrected chi connectivity index (χ1v) is 11.1. The van der Waals surface area contributed by atoms with E-state index in [9.17, 15) is 22.8 Å². The first-order valence-electron chi connectivity index (χ1n) is 11.1. The number of hydrogen-bond donors (Lipinski definition) is 1. The smallest absolute Gasteiger partial charge is 0.415 e. The van der Waals surface area contributed by atoms with Gasteiger partial charge in [-0.15, -0.1) is 0 Å². The number of carbonyl (C=O) groups is 2. The maximum Gasteiger partial charge on any atom is 0.415 e. The van der Waals surface area contributed by atoms with E-state index in [1.54, 1.807) is 11.1 Å². The topological polar surface area (TPSA) is 106 Å². The number of nitrogens with zero attached hydrogens (tertiary/aromatic N) is 5. The second-order valence-corrected chi connectivity index (χ2v) is 8.60. The maximum atomic E-state index is 13.6. The normalized spacial score (nSPS) is 21.2. The van der Waals surface area contributed by atoms with Crippen LogP contribution in [0.5, 0.6) is 0 Å². The number of nitrogens with one attached hydrogen (secondary N) is 1. The minimum absolute atomic E-state index is 0.0945. The minimum atomic E-state index is -1.60. The molecule has 3 aliphatic rings. The zero-order valence-electron chi connectivity index (χ0n) is 18.2. The number of rotatable bonds is 3. The standard InChI is InChI=1S/C22H19F3N6O4/c23-13-6-11(7-14(24)19(13)25)27-21(32)30-9-17-12(8-26-31(17)16-3-1-2-15(16)30)20-28-18(10-35-20)29-4-5-34-22(29)33/h6-8,10,15-16H,1-5,9H2,(H,27,32)/t15-,16+/m0/s1. The van der Waals surface area contributed by atoms with Crippen molar-refractivity contribution in [3.63, 3.8) is 0 Å². The first-order chi connectivity index (χ1) is 16.9. The predicted molar refractivity (Wildman–Crippen MR) is 114 cm³/mol. The van der Waals surface area contributed by atoms with Crippen LogP contribution in [0.4, 0.5) is 34.3 Å². The van der Waals surface area contributed by atoms with Crippen molar-refractivity contribution in [1.29, 1.82) is 0 Å². The van der Waals surface area contributed by atoms with Crippen LogP contribution in [0.15, 0.2) is 29.0 Å². The predicted octanol–water partition coefficient (Wildman–Crippen LogP) is 4.05. The summed E-state index contributed by atoms with van der Waals surface area (Å²) in [5.74, 6) is -3.83. The van der Waals surface area contributed by atoms with E-state index >= 15 is 0 Å². The molecule has 1 aliphatic carbocycles.